The van der Waals surface area contributed by atoms with Gasteiger partial charge in [0.15, 0.2) is 0 Å². The third-order valence-corrected chi connectivity index (χ3v) is 6.61. The van der Waals surface area contributed by atoms with Gasteiger partial charge >= 0.3 is 0 Å². The molecule has 0 aliphatic carbocycles. The molecule has 0 atom stereocenters. The van der Waals surface area contributed by atoms with Crippen molar-refractivity contribution in [2.75, 3.05) is 0 Å². The minimum absolute atomic E-state index is 0.802. The van der Waals surface area contributed by atoms with E-state index in [0.29, 0.717) is 0 Å². The highest BCUT2D eigenvalue weighted by molar-refractivity contribution is 6.21. The lowest BCUT2D eigenvalue weighted by molar-refractivity contribution is 0.797. The molecule has 0 spiro atoms. The van der Waals surface area contributed by atoms with E-state index >= 15 is 0 Å². The topological polar surface area (TPSA) is 56.3 Å². The summed E-state index contributed by atoms with van der Waals surface area (Å²) in [5, 5.41) is 0. The molecule has 172 valence electrons. The SMILES string of the molecule is CCCCC1=C(C)C(=Cc2ccc[nH]2)N=C1CC1=N/C(=C\c2ccc[nH]2)C(C)=C1CCCC. The zero-order valence-electron chi connectivity index (χ0n) is 20.5. The normalized spacial score (nSPS) is 18.8. The van der Waals surface area contributed by atoms with E-state index in [4.69, 9.17) is 9.98 Å². The fourth-order valence-corrected chi connectivity index (χ4v) is 4.60. The lowest BCUT2D eigenvalue weighted by Crippen LogP contribution is -2.11. The molecular formula is C29H36N4. The smallest absolute Gasteiger partial charge is 0.0686 e. The molecule has 0 radical (unpaired) electrons. The van der Waals surface area contributed by atoms with Crippen LogP contribution in [0.5, 0.6) is 0 Å². The van der Waals surface area contributed by atoms with Crippen LogP contribution >= 0.6 is 0 Å². The molecular weight excluding hydrogens is 404 g/mol. The Morgan fingerprint density at radius 3 is 1.55 bits per heavy atom. The van der Waals surface area contributed by atoms with Crippen molar-refractivity contribution >= 4 is 23.6 Å². The van der Waals surface area contributed by atoms with Crippen LogP contribution in [-0.2, 0) is 0 Å². The first-order valence-corrected chi connectivity index (χ1v) is 12.4. The Balaban J connectivity index is 1.68. The Kier molecular flexibility index (Phi) is 7.43. The number of allylic oxidation sites excluding steroid dienone is 4. The number of hydrogen-bond donors (Lipinski definition) is 2. The number of aromatic amines is 2. The Labute approximate surface area is 198 Å². The monoisotopic (exact) mass is 440 g/mol. The highest BCUT2D eigenvalue weighted by Gasteiger charge is 2.26. The molecule has 0 amide bonds. The molecule has 2 aliphatic rings. The van der Waals surface area contributed by atoms with Crippen LogP contribution in [0.4, 0.5) is 0 Å². The van der Waals surface area contributed by atoms with Gasteiger partial charge in [-0.3, -0.25) is 9.98 Å². The average Bonchev–Trinajstić information content (AvgIpc) is 3.59. The largest absolute Gasteiger partial charge is 0.362 e. The zero-order chi connectivity index (χ0) is 23.2. The second kappa shape index (κ2) is 10.7. The predicted octanol–water partition coefficient (Wildman–Crippen LogP) is 8.04. The van der Waals surface area contributed by atoms with Gasteiger partial charge in [-0.25, -0.2) is 0 Å². The maximum Gasteiger partial charge on any atom is 0.0686 e. The minimum Gasteiger partial charge on any atom is -0.362 e. The van der Waals surface area contributed by atoms with Gasteiger partial charge in [0.05, 0.1) is 22.8 Å². The first-order chi connectivity index (χ1) is 16.1. The maximum absolute atomic E-state index is 5.14. The number of unbranched alkanes of at least 4 members (excludes halogenated alkanes) is 2. The Morgan fingerprint density at radius 2 is 1.18 bits per heavy atom. The summed E-state index contributed by atoms with van der Waals surface area (Å²) < 4.78 is 0. The van der Waals surface area contributed by atoms with Gasteiger partial charge in [-0.15, -0.1) is 0 Å². The molecule has 0 saturated carbocycles. The summed E-state index contributed by atoms with van der Waals surface area (Å²) in [6, 6.07) is 8.24. The molecule has 4 nitrogen and oxygen atoms in total. The lowest BCUT2D eigenvalue weighted by Gasteiger charge is -2.11. The summed E-state index contributed by atoms with van der Waals surface area (Å²) in [4.78, 5) is 16.8. The average molecular weight is 441 g/mol. The molecule has 0 bridgehead atoms. The number of nitrogens with zero attached hydrogens (tertiary/aromatic N) is 2. The minimum atomic E-state index is 0.802. The molecule has 33 heavy (non-hydrogen) atoms. The van der Waals surface area contributed by atoms with Crippen molar-refractivity contribution in [3.63, 3.8) is 0 Å². The van der Waals surface area contributed by atoms with Crippen molar-refractivity contribution in [3.8, 4) is 0 Å². The molecule has 0 aromatic carbocycles. The number of aromatic nitrogens is 2. The molecule has 0 unspecified atom stereocenters. The fraction of sp³-hybridized carbons (Fsp3) is 0.379. The van der Waals surface area contributed by atoms with Gasteiger partial charge in [0, 0.05) is 30.2 Å². The van der Waals surface area contributed by atoms with E-state index in [2.05, 4.69) is 61.9 Å². The van der Waals surface area contributed by atoms with Crippen LogP contribution in [0, 0.1) is 0 Å². The maximum atomic E-state index is 5.14. The van der Waals surface area contributed by atoms with E-state index in [1.165, 1.54) is 59.4 Å². The molecule has 0 saturated heterocycles. The zero-order valence-corrected chi connectivity index (χ0v) is 20.5. The van der Waals surface area contributed by atoms with Crippen molar-refractivity contribution in [1.82, 2.24) is 9.97 Å². The molecule has 2 N–H and O–H groups in total. The van der Waals surface area contributed by atoms with Gasteiger partial charge in [-0.05, 0) is 98.2 Å². The van der Waals surface area contributed by atoms with E-state index in [1.54, 1.807) is 0 Å². The van der Waals surface area contributed by atoms with Crippen LogP contribution in [0.2, 0.25) is 0 Å². The second-order valence-corrected chi connectivity index (χ2v) is 9.02. The van der Waals surface area contributed by atoms with E-state index in [9.17, 15) is 0 Å². The Bertz CT molecular complexity index is 1050. The molecule has 4 rings (SSSR count). The van der Waals surface area contributed by atoms with Crippen molar-refractivity contribution < 1.29 is 0 Å². The van der Waals surface area contributed by atoms with Gasteiger partial charge in [0.1, 0.15) is 0 Å². The van der Waals surface area contributed by atoms with Crippen LogP contribution in [0.3, 0.4) is 0 Å². The van der Waals surface area contributed by atoms with E-state index < -0.39 is 0 Å². The quantitative estimate of drug-likeness (QED) is 0.376. The number of H-pyrrole nitrogens is 2. The molecule has 2 aromatic heterocycles. The van der Waals surface area contributed by atoms with Crippen LogP contribution in [0.1, 0.15) is 84.0 Å². The third kappa shape index (κ3) is 5.27. The van der Waals surface area contributed by atoms with Gasteiger partial charge in [0.25, 0.3) is 0 Å². The third-order valence-electron chi connectivity index (χ3n) is 6.61. The summed E-state index contributed by atoms with van der Waals surface area (Å²) >= 11 is 0. The van der Waals surface area contributed by atoms with E-state index in [0.717, 1.165) is 42.0 Å². The molecule has 2 aromatic rings. The highest BCUT2D eigenvalue weighted by Crippen LogP contribution is 2.35. The van der Waals surface area contributed by atoms with Crippen molar-refractivity contribution in [2.24, 2.45) is 9.98 Å². The van der Waals surface area contributed by atoms with E-state index in [1.807, 2.05) is 24.5 Å². The van der Waals surface area contributed by atoms with Gasteiger partial charge < -0.3 is 9.97 Å². The van der Waals surface area contributed by atoms with Gasteiger partial charge in [-0.2, -0.15) is 0 Å². The van der Waals surface area contributed by atoms with Crippen molar-refractivity contribution in [3.05, 3.63) is 81.7 Å². The Hall–Kier alpha value is -3.14. The summed E-state index contributed by atoms with van der Waals surface area (Å²) in [6.07, 6.45) is 16.0. The molecule has 2 aliphatic heterocycles. The van der Waals surface area contributed by atoms with Gasteiger partial charge in [-0.1, -0.05) is 26.7 Å². The summed E-state index contributed by atoms with van der Waals surface area (Å²) in [5.74, 6) is 0. The van der Waals surface area contributed by atoms with E-state index in [-0.39, 0.29) is 0 Å². The lowest BCUT2D eigenvalue weighted by atomic mass is 9.92. The molecule has 0 fully saturated rings. The number of hydrogen-bond acceptors (Lipinski definition) is 2. The van der Waals surface area contributed by atoms with Crippen LogP contribution < -0.4 is 0 Å². The summed E-state index contributed by atoms with van der Waals surface area (Å²) in [6.45, 7) is 8.96. The van der Waals surface area contributed by atoms with Crippen LogP contribution in [0.25, 0.3) is 12.2 Å². The second-order valence-electron chi connectivity index (χ2n) is 9.02. The first kappa shape index (κ1) is 23.0. The van der Waals surface area contributed by atoms with Crippen LogP contribution in [0.15, 0.2) is 80.3 Å². The fourth-order valence-electron chi connectivity index (χ4n) is 4.60. The number of aliphatic imine (C=N–C) groups is 2. The molecule has 4 heteroatoms. The predicted molar refractivity (Wildman–Crippen MR) is 141 cm³/mol. The number of rotatable bonds is 10. The summed E-state index contributed by atoms with van der Waals surface area (Å²) in [5.41, 5.74) is 12.2. The standard InChI is InChI=1S/C29H36N4/c1-5-7-13-24-20(3)26(17-22-11-9-15-30-22)32-28(24)19-29-25(14-8-6-2)21(4)27(33-29)18-23-12-10-16-31-23/h9-12,15-18,30-31H,5-8,13-14,19H2,1-4H3/b26-17-,27-18?. The summed E-state index contributed by atoms with van der Waals surface area (Å²) in [7, 11) is 0. The van der Waals surface area contributed by atoms with Gasteiger partial charge in [0.2, 0.25) is 0 Å². The number of nitrogens with one attached hydrogen (secondary N) is 2. The van der Waals surface area contributed by atoms with Crippen LogP contribution in [-0.4, -0.2) is 21.4 Å². The Morgan fingerprint density at radius 1 is 0.727 bits per heavy atom. The van der Waals surface area contributed by atoms with Crippen molar-refractivity contribution in [2.45, 2.75) is 72.6 Å². The van der Waals surface area contributed by atoms with Crippen molar-refractivity contribution in [1.29, 1.82) is 0 Å². The first-order valence-electron chi connectivity index (χ1n) is 12.4. The molecule has 4 heterocycles. The highest BCUT2D eigenvalue weighted by atomic mass is 14.8.